The fourth-order valence-corrected chi connectivity index (χ4v) is 2.07. The molecule has 1 aromatic carbocycles. The van der Waals surface area contributed by atoms with Crippen molar-refractivity contribution in [3.05, 3.63) is 53.2 Å². The van der Waals surface area contributed by atoms with E-state index in [0.29, 0.717) is 5.82 Å². The third-order valence-electron chi connectivity index (χ3n) is 2.82. The number of aryl methyl sites for hydroxylation is 3. The van der Waals surface area contributed by atoms with Gasteiger partial charge in [0.1, 0.15) is 5.82 Å². The summed E-state index contributed by atoms with van der Waals surface area (Å²) in [7, 11) is 0. The van der Waals surface area contributed by atoms with E-state index in [-0.39, 0.29) is 6.03 Å². The van der Waals surface area contributed by atoms with E-state index in [1.165, 1.54) is 5.56 Å². The molecule has 0 unspecified atom stereocenters. The van der Waals surface area contributed by atoms with Gasteiger partial charge in [0.05, 0.1) is 0 Å². The fraction of sp³-hybridized carbons (Fsp3) is 0.200. The second-order valence-corrected chi connectivity index (χ2v) is 4.57. The van der Waals surface area contributed by atoms with Crippen LogP contribution in [-0.4, -0.2) is 11.0 Å². The molecule has 0 spiro atoms. The topological polar surface area (TPSA) is 54.0 Å². The van der Waals surface area contributed by atoms with Gasteiger partial charge in [0.25, 0.3) is 0 Å². The number of nitrogens with zero attached hydrogens (tertiary/aromatic N) is 1. The summed E-state index contributed by atoms with van der Waals surface area (Å²) in [5.41, 5.74) is 4.13. The maximum Gasteiger partial charge on any atom is 0.324 e. The average Bonchev–Trinajstić information content (AvgIpc) is 2.35. The van der Waals surface area contributed by atoms with Crippen molar-refractivity contribution in [2.45, 2.75) is 20.8 Å². The quantitative estimate of drug-likeness (QED) is 0.860. The second-order valence-electron chi connectivity index (χ2n) is 4.57. The summed E-state index contributed by atoms with van der Waals surface area (Å²) in [5.74, 6) is 0.530. The number of urea groups is 1. The Bertz CT molecular complexity index is 571. The molecule has 1 heterocycles. The number of hydrogen-bond acceptors (Lipinski definition) is 2. The molecule has 0 aliphatic heterocycles. The molecule has 0 aliphatic carbocycles. The normalized spacial score (nSPS) is 10.1. The first-order chi connectivity index (χ1) is 9.06. The van der Waals surface area contributed by atoms with E-state index < -0.39 is 0 Å². The first-order valence-corrected chi connectivity index (χ1v) is 6.13. The molecule has 0 radical (unpaired) electrons. The van der Waals surface area contributed by atoms with Crippen LogP contribution in [0.15, 0.2) is 36.5 Å². The molecular weight excluding hydrogens is 238 g/mol. The summed E-state index contributed by atoms with van der Waals surface area (Å²) in [6, 6.07) is 9.18. The fourth-order valence-electron chi connectivity index (χ4n) is 2.07. The van der Waals surface area contributed by atoms with Crippen molar-refractivity contribution in [2.24, 2.45) is 0 Å². The number of hydrogen-bond donors (Lipinski definition) is 2. The summed E-state index contributed by atoms with van der Waals surface area (Å²) in [5, 5.41) is 5.56. The monoisotopic (exact) mass is 255 g/mol. The van der Waals surface area contributed by atoms with Crippen LogP contribution >= 0.6 is 0 Å². The predicted octanol–water partition coefficient (Wildman–Crippen LogP) is 3.65. The van der Waals surface area contributed by atoms with Crippen LogP contribution in [0.4, 0.5) is 16.3 Å². The van der Waals surface area contributed by atoms with E-state index in [1.807, 2.05) is 39.0 Å². The van der Waals surface area contributed by atoms with Crippen molar-refractivity contribution in [3.63, 3.8) is 0 Å². The number of nitrogens with one attached hydrogen (secondary N) is 2. The highest BCUT2D eigenvalue weighted by atomic mass is 16.2. The molecule has 0 atom stereocenters. The van der Waals surface area contributed by atoms with Crippen molar-refractivity contribution in [2.75, 3.05) is 10.6 Å². The summed E-state index contributed by atoms with van der Waals surface area (Å²) in [6.07, 6.45) is 1.64. The van der Waals surface area contributed by atoms with Crippen LogP contribution in [0.2, 0.25) is 0 Å². The van der Waals surface area contributed by atoms with Crippen LogP contribution in [0.25, 0.3) is 0 Å². The number of carbonyl (C=O) groups is 1. The Labute approximate surface area is 112 Å². The molecule has 2 aromatic rings. The second kappa shape index (κ2) is 5.52. The van der Waals surface area contributed by atoms with Gasteiger partial charge in [0.15, 0.2) is 0 Å². The van der Waals surface area contributed by atoms with Gasteiger partial charge in [0.2, 0.25) is 0 Å². The lowest BCUT2D eigenvalue weighted by Crippen LogP contribution is -2.21. The van der Waals surface area contributed by atoms with Crippen LogP contribution in [0.5, 0.6) is 0 Å². The maximum atomic E-state index is 11.9. The van der Waals surface area contributed by atoms with Gasteiger partial charge in [-0.05, 0) is 44.0 Å². The van der Waals surface area contributed by atoms with Crippen molar-refractivity contribution < 1.29 is 4.79 Å². The van der Waals surface area contributed by atoms with Crippen LogP contribution in [0.3, 0.4) is 0 Å². The average molecular weight is 255 g/mol. The maximum absolute atomic E-state index is 11.9. The lowest BCUT2D eigenvalue weighted by atomic mass is 10.1. The molecule has 2 N–H and O–H groups in total. The molecule has 2 rings (SSSR count). The number of rotatable bonds is 2. The highest BCUT2D eigenvalue weighted by Gasteiger charge is 2.08. The minimum atomic E-state index is -0.284. The third kappa shape index (κ3) is 3.31. The molecule has 2 amide bonds. The number of aromatic nitrogens is 1. The van der Waals surface area contributed by atoms with E-state index >= 15 is 0 Å². The smallest absolute Gasteiger partial charge is 0.307 e. The van der Waals surface area contributed by atoms with Gasteiger partial charge in [-0.3, -0.25) is 5.32 Å². The standard InChI is InChI=1S/C15H17N3O/c1-10-8-11(2)14(12(3)9-10)18-15(19)17-13-6-4-5-7-16-13/h4-9H,1-3H3,(H2,16,17,18,19). The largest absolute Gasteiger partial charge is 0.324 e. The van der Waals surface area contributed by atoms with Crippen LogP contribution in [-0.2, 0) is 0 Å². The Morgan fingerprint density at radius 3 is 2.32 bits per heavy atom. The van der Waals surface area contributed by atoms with Crippen molar-refractivity contribution in [1.29, 1.82) is 0 Å². The predicted molar refractivity (Wildman–Crippen MR) is 77.5 cm³/mol. The van der Waals surface area contributed by atoms with E-state index in [1.54, 1.807) is 18.3 Å². The molecule has 4 heteroatoms. The van der Waals surface area contributed by atoms with E-state index in [4.69, 9.17) is 0 Å². The Morgan fingerprint density at radius 2 is 1.74 bits per heavy atom. The first kappa shape index (κ1) is 13.1. The molecule has 0 aliphatic rings. The van der Waals surface area contributed by atoms with Gasteiger partial charge in [-0.15, -0.1) is 0 Å². The van der Waals surface area contributed by atoms with Gasteiger partial charge < -0.3 is 5.32 Å². The molecule has 0 saturated carbocycles. The Hall–Kier alpha value is -2.36. The summed E-state index contributed by atoms with van der Waals surface area (Å²) < 4.78 is 0. The van der Waals surface area contributed by atoms with Crippen molar-refractivity contribution in [3.8, 4) is 0 Å². The lowest BCUT2D eigenvalue weighted by Gasteiger charge is -2.13. The Morgan fingerprint density at radius 1 is 1.05 bits per heavy atom. The Kier molecular flexibility index (Phi) is 3.80. The first-order valence-electron chi connectivity index (χ1n) is 6.13. The molecule has 0 bridgehead atoms. The van der Waals surface area contributed by atoms with E-state index in [0.717, 1.165) is 16.8 Å². The molecule has 19 heavy (non-hydrogen) atoms. The molecule has 98 valence electrons. The van der Waals surface area contributed by atoms with Gasteiger partial charge in [0, 0.05) is 11.9 Å². The van der Waals surface area contributed by atoms with Crippen LogP contribution in [0.1, 0.15) is 16.7 Å². The van der Waals surface area contributed by atoms with Crippen molar-refractivity contribution in [1.82, 2.24) is 4.98 Å². The minimum Gasteiger partial charge on any atom is -0.307 e. The van der Waals surface area contributed by atoms with Crippen molar-refractivity contribution >= 4 is 17.5 Å². The zero-order chi connectivity index (χ0) is 13.8. The van der Waals surface area contributed by atoms with E-state index in [2.05, 4.69) is 15.6 Å². The summed E-state index contributed by atoms with van der Waals surface area (Å²) >= 11 is 0. The van der Waals surface area contributed by atoms with Crippen LogP contribution < -0.4 is 10.6 Å². The molecular formula is C15H17N3O. The van der Waals surface area contributed by atoms with Gasteiger partial charge >= 0.3 is 6.03 Å². The zero-order valence-electron chi connectivity index (χ0n) is 11.3. The van der Waals surface area contributed by atoms with Gasteiger partial charge in [-0.25, -0.2) is 9.78 Å². The number of anilines is 2. The van der Waals surface area contributed by atoms with Gasteiger partial charge in [-0.2, -0.15) is 0 Å². The summed E-state index contributed by atoms with van der Waals surface area (Å²) in [6.45, 7) is 6.00. The van der Waals surface area contributed by atoms with Crippen LogP contribution in [0, 0.1) is 20.8 Å². The molecule has 0 saturated heterocycles. The number of carbonyl (C=O) groups excluding carboxylic acids is 1. The third-order valence-corrected chi connectivity index (χ3v) is 2.82. The number of pyridine rings is 1. The highest BCUT2D eigenvalue weighted by molar-refractivity contribution is 6.00. The van der Waals surface area contributed by atoms with E-state index in [9.17, 15) is 4.79 Å². The zero-order valence-corrected chi connectivity index (χ0v) is 11.3. The lowest BCUT2D eigenvalue weighted by molar-refractivity contribution is 0.262. The molecule has 4 nitrogen and oxygen atoms in total. The number of benzene rings is 1. The Balaban J connectivity index is 2.12. The summed E-state index contributed by atoms with van der Waals surface area (Å²) in [4.78, 5) is 16.0. The highest BCUT2D eigenvalue weighted by Crippen LogP contribution is 2.21. The SMILES string of the molecule is Cc1cc(C)c(NC(=O)Nc2ccccn2)c(C)c1. The minimum absolute atomic E-state index is 0.284. The van der Waals surface area contributed by atoms with Gasteiger partial charge in [-0.1, -0.05) is 23.8 Å². The molecule has 1 aromatic heterocycles. The number of amides is 2. The molecule has 0 fully saturated rings.